The van der Waals surface area contributed by atoms with Crippen molar-refractivity contribution in [3.05, 3.63) is 17.0 Å². The van der Waals surface area contributed by atoms with Gasteiger partial charge >= 0.3 is 0 Å². The molecule has 3 rings (SSSR count). The molecule has 1 N–H and O–H groups in total. The molecule has 1 saturated heterocycles. The summed E-state index contributed by atoms with van der Waals surface area (Å²) in [5.41, 5.74) is 0. The zero-order valence-electron chi connectivity index (χ0n) is 10.9. The number of rotatable bonds is 3. The van der Waals surface area contributed by atoms with Crippen molar-refractivity contribution in [2.75, 3.05) is 18.5 Å². The topological polar surface area (TPSA) is 58.1 Å². The summed E-state index contributed by atoms with van der Waals surface area (Å²) < 4.78 is 0. The Bertz CT molecular complexity index is 503. The molecule has 0 aromatic carbocycles. The van der Waals surface area contributed by atoms with Crippen LogP contribution in [0.5, 0.6) is 0 Å². The molecule has 1 unspecified atom stereocenters. The predicted octanol–water partition coefficient (Wildman–Crippen LogP) is 1.72. The second kappa shape index (κ2) is 4.96. The standard InChI is InChI=1S/C13H17ClN4O/c1-15-13(19)9-3-2-6-18(9)11-7-10(14)16-12(17-11)8-4-5-8/h7-9H,2-6H2,1H3,(H,15,19). The molecule has 1 amide bonds. The van der Waals surface area contributed by atoms with E-state index in [0.717, 1.165) is 43.9 Å². The molecule has 102 valence electrons. The Morgan fingerprint density at radius 1 is 1.42 bits per heavy atom. The number of nitrogens with one attached hydrogen (secondary N) is 1. The highest BCUT2D eigenvalue weighted by Gasteiger charge is 2.33. The van der Waals surface area contributed by atoms with E-state index in [0.29, 0.717) is 11.1 Å². The molecule has 1 atom stereocenters. The number of hydrogen-bond acceptors (Lipinski definition) is 4. The van der Waals surface area contributed by atoms with Crippen LogP contribution in [0.2, 0.25) is 5.15 Å². The Labute approximate surface area is 117 Å². The second-order valence-corrected chi connectivity index (χ2v) is 5.53. The van der Waals surface area contributed by atoms with Gasteiger partial charge in [0.05, 0.1) is 0 Å². The Balaban J connectivity index is 1.90. The van der Waals surface area contributed by atoms with Gasteiger partial charge in [-0.05, 0) is 25.7 Å². The van der Waals surface area contributed by atoms with Crippen molar-refractivity contribution in [3.8, 4) is 0 Å². The molecule has 2 aliphatic rings. The number of likely N-dealkylation sites (N-methyl/N-ethyl adjacent to an activating group) is 1. The summed E-state index contributed by atoms with van der Waals surface area (Å²) in [6.07, 6.45) is 4.13. The number of aromatic nitrogens is 2. The van der Waals surface area contributed by atoms with Gasteiger partial charge in [-0.15, -0.1) is 0 Å². The molecular formula is C13H17ClN4O. The quantitative estimate of drug-likeness (QED) is 0.857. The third-order valence-corrected chi connectivity index (χ3v) is 3.93. The molecule has 0 spiro atoms. The average Bonchev–Trinajstić information content (AvgIpc) is 3.14. The lowest BCUT2D eigenvalue weighted by Crippen LogP contribution is -2.42. The highest BCUT2D eigenvalue weighted by molar-refractivity contribution is 6.29. The van der Waals surface area contributed by atoms with Crippen molar-refractivity contribution in [1.29, 1.82) is 0 Å². The number of carbonyl (C=O) groups excluding carboxylic acids is 1. The zero-order valence-corrected chi connectivity index (χ0v) is 11.7. The van der Waals surface area contributed by atoms with Gasteiger partial charge in [0.25, 0.3) is 0 Å². The fourth-order valence-corrected chi connectivity index (χ4v) is 2.76. The third kappa shape index (κ3) is 2.52. The molecule has 1 aromatic heterocycles. The van der Waals surface area contributed by atoms with E-state index in [1.165, 1.54) is 0 Å². The van der Waals surface area contributed by atoms with Gasteiger partial charge in [0.15, 0.2) is 0 Å². The first-order valence-electron chi connectivity index (χ1n) is 6.72. The Kier molecular flexibility index (Phi) is 3.31. The lowest BCUT2D eigenvalue weighted by atomic mass is 10.2. The lowest BCUT2D eigenvalue weighted by Gasteiger charge is -2.24. The molecule has 0 radical (unpaired) electrons. The van der Waals surface area contributed by atoms with E-state index in [4.69, 9.17) is 11.6 Å². The fourth-order valence-electron chi connectivity index (χ4n) is 2.57. The molecule has 6 heteroatoms. The summed E-state index contributed by atoms with van der Waals surface area (Å²) in [6, 6.07) is 1.62. The zero-order chi connectivity index (χ0) is 13.4. The average molecular weight is 281 g/mol. The molecule has 2 heterocycles. The number of nitrogens with zero attached hydrogens (tertiary/aromatic N) is 3. The summed E-state index contributed by atoms with van der Waals surface area (Å²) in [5, 5.41) is 3.18. The number of carbonyl (C=O) groups is 1. The minimum absolute atomic E-state index is 0.0419. The number of amides is 1. The first kappa shape index (κ1) is 12.7. The van der Waals surface area contributed by atoms with E-state index in [2.05, 4.69) is 15.3 Å². The van der Waals surface area contributed by atoms with Crippen LogP contribution in [0.3, 0.4) is 0 Å². The lowest BCUT2D eigenvalue weighted by molar-refractivity contribution is -0.121. The van der Waals surface area contributed by atoms with Crippen LogP contribution in [-0.2, 0) is 4.79 Å². The SMILES string of the molecule is CNC(=O)C1CCCN1c1cc(Cl)nc(C2CC2)n1. The van der Waals surface area contributed by atoms with Gasteiger partial charge < -0.3 is 10.2 Å². The highest BCUT2D eigenvalue weighted by Crippen LogP contribution is 2.39. The van der Waals surface area contributed by atoms with Crippen molar-refractivity contribution in [2.45, 2.75) is 37.6 Å². The van der Waals surface area contributed by atoms with Crippen LogP contribution >= 0.6 is 11.6 Å². The molecule has 1 saturated carbocycles. The Hall–Kier alpha value is -1.36. The smallest absolute Gasteiger partial charge is 0.242 e. The first-order valence-corrected chi connectivity index (χ1v) is 7.09. The summed E-state index contributed by atoms with van der Waals surface area (Å²) in [4.78, 5) is 22.8. The largest absolute Gasteiger partial charge is 0.357 e. The van der Waals surface area contributed by atoms with E-state index in [-0.39, 0.29) is 11.9 Å². The number of hydrogen-bond donors (Lipinski definition) is 1. The molecular weight excluding hydrogens is 264 g/mol. The Morgan fingerprint density at radius 2 is 2.21 bits per heavy atom. The van der Waals surface area contributed by atoms with Gasteiger partial charge in [0, 0.05) is 25.6 Å². The van der Waals surface area contributed by atoms with E-state index in [9.17, 15) is 4.79 Å². The van der Waals surface area contributed by atoms with Gasteiger partial charge in [-0.25, -0.2) is 9.97 Å². The highest BCUT2D eigenvalue weighted by atomic mass is 35.5. The predicted molar refractivity (Wildman–Crippen MR) is 73.5 cm³/mol. The van der Waals surface area contributed by atoms with Crippen molar-refractivity contribution in [3.63, 3.8) is 0 Å². The minimum Gasteiger partial charge on any atom is -0.357 e. The summed E-state index contributed by atoms with van der Waals surface area (Å²) >= 11 is 6.08. The molecule has 1 aromatic rings. The molecule has 2 fully saturated rings. The van der Waals surface area contributed by atoms with Gasteiger partial charge in [0.1, 0.15) is 22.8 Å². The van der Waals surface area contributed by atoms with Crippen molar-refractivity contribution in [2.24, 2.45) is 0 Å². The first-order chi connectivity index (χ1) is 9.19. The summed E-state index contributed by atoms with van der Waals surface area (Å²) in [7, 11) is 1.67. The van der Waals surface area contributed by atoms with Crippen LogP contribution in [0, 0.1) is 0 Å². The van der Waals surface area contributed by atoms with Crippen LogP contribution in [-0.4, -0.2) is 35.5 Å². The molecule has 19 heavy (non-hydrogen) atoms. The van der Waals surface area contributed by atoms with Gasteiger partial charge in [-0.3, -0.25) is 4.79 Å². The maximum absolute atomic E-state index is 11.9. The molecule has 1 aliphatic heterocycles. The van der Waals surface area contributed by atoms with Crippen molar-refractivity contribution in [1.82, 2.24) is 15.3 Å². The molecule has 1 aliphatic carbocycles. The maximum Gasteiger partial charge on any atom is 0.242 e. The second-order valence-electron chi connectivity index (χ2n) is 5.15. The van der Waals surface area contributed by atoms with Gasteiger partial charge in [-0.2, -0.15) is 0 Å². The van der Waals surface area contributed by atoms with E-state index >= 15 is 0 Å². The Morgan fingerprint density at radius 3 is 2.89 bits per heavy atom. The van der Waals surface area contributed by atoms with Crippen LogP contribution in [0.4, 0.5) is 5.82 Å². The van der Waals surface area contributed by atoms with Gasteiger partial charge in [0.2, 0.25) is 5.91 Å². The van der Waals surface area contributed by atoms with Crippen LogP contribution in [0.1, 0.15) is 37.4 Å². The van der Waals surface area contributed by atoms with Gasteiger partial charge in [-0.1, -0.05) is 11.6 Å². The molecule has 0 bridgehead atoms. The normalized spacial score (nSPS) is 22.6. The van der Waals surface area contributed by atoms with Crippen LogP contribution in [0.25, 0.3) is 0 Å². The summed E-state index contributed by atoms with van der Waals surface area (Å²) in [6.45, 7) is 0.843. The van der Waals surface area contributed by atoms with Crippen LogP contribution in [0.15, 0.2) is 6.07 Å². The van der Waals surface area contributed by atoms with E-state index in [1.54, 1.807) is 13.1 Å². The van der Waals surface area contributed by atoms with E-state index < -0.39 is 0 Å². The van der Waals surface area contributed by atoms with E-state index in [1.807, 2.05) is 4.90 Å². The van der Waals surface area contributed by atoms with Crippen molar-refractivity contribution < 1.29 is 4.79 Å². The minimum atomic E-state index is -0.136. The summed E-state index contributed by atoms with van der Waals surface area (Å²) in [5.74, 6) is 2.11. The van der Waals surface area contributed by atoms with Crippen molar-refractivity contribution >= 4 is 23.3 Å². The monoisotopic (exact) mass is 280 g/mol. The third-order valence-electron chi connectivity index (χ3n) is 3.74. The number of anilines is 1. The van der Waals surface area contributed by atoms with Crippen LogP contribution < -0.4 is 10.2 Å². The fraction of sp³-hybridized carbons (Fsp3) is 0.615. The number of halogens is 1. The molecule has 5 nitrogen and oxygen atoms in total. The maximum atomic E-state index is 11.9.